The van der Waals surface area contributed by atoms with Crippen molar-refractivity contribution < 1.29 is 24.2 Å². The molecule has 7 heteroatoms. The third-order valence-electron chi connectivity index (χ3n) is 5.38. The second kappa shape index (κ2) is 8.08. The number of benzene rings is 1. The number of aliphatic carboxylic acids is 1. The Bertz CT molecular complexity index is 731. The summed E-state index contributed by atoms with van der Waals surface area (Å²) in [5, 5.41) is 15.2. The fourth-order valence-corrected chi connectivity index (χ4v) is 3.45. The lowest BCUT2D eigenvalue weighted by atomic mass is 9.54. The van der Waals surface area contributed by atoms with Crippen LogP contribution in [0.1, 0.15) is 61.3 Å². The Hall–Kier alpha value is -2.41. The Kier molecular flexibility index (Phi) is 6.26. The molecule has 0 spiro atoms. The molecule has 0 bridgehead atoms. The minimum atomic E-state index is -1.41. The molecule has 1 aromatic carbocycles. The molecule has 27 heavy (non-hydrogen) atoms. The lowest BCUT2D eigenvalue weighted by Gasteiger charge is -2.58. The van der Waals surface area contributed by atoms with Crippen LogP contribution in [0.15, 0.2) is 24.3 Å². The molecule has 2 atom stereocenters. The van der Waals surface area contributed by atoms with E-state index in [9.17, 15) is 19.5 Å². The normalized spacial score (nSPS) is 23.2. The molecule has 2 rings (SSSR count). The van der Waals surface area contributed by atoms with Crippen LogP contribution >= 0.6 is 0 Å². The highest BCUT2D eigenvalue weighted by molar-refractivity contribution is 6.01. The first-order chi connectivity index (χ1) is 12.7. The average molecular weight is 376 g/mol. The largest absolute Gasteiger partial charge is 0.479 e. The number of ether oxygens (including phenoxy) is 1. The van der Waals surface area contributed by atoms with Gasteiger partial charge in [0.2, 0.25) is 0 Å². The second-order valence-electron chi connectivity index (χ2n) is 7.37. The van der Waals surface area contributed by atoms with Gasteiger partial charge in [0, 0.05) is 36.1 Å². The van der Waals surface area contributed by atoms with Gasteiger partial charge < -0.3 is 20.5 Å². The molecule has 1 aliphatic rings. The van der Waals surface area contributed by atoms with Gasteiger partial charge in [-0.25, -0.2) is 4.79 Å². The zero-order chi connectivity index (χ0) is 20.2. The maximum atomic E-state index is 12.8. The highest BCUT2D eigenvalue weighted by atomic mass is 16.5. The highest BCUT2D eigenvalue weighted by Gasteiger charge is 2.66. The lowest BCUT2D eigenvalue weighted by Crippen LogP contribution is -2.76. The Morgan fingerprint density at radius 3 is 2.33 bits per heavy atom. The zero-order valence-corrected chi connectivity index (χ0v) is 16.3. The van der Waals surface area contributed by atoms with Crippen molar-refractivity contribution in [3.8, 4) is 0 Å². The number of carbonyl (C=O) groups is 3. The molecule has 1 aromatic rings. The maximum Gasteiger partial charge on any atom is 0.330 e. The average Bonchev–Trinajstić information content (AvgIpc) is 2.64. The standard InChI is InChI=1S/C20H28N2O5/c1-5-10-21-16(23)13-8-7-9-14(11-13)17(24)22-20(18(25)26)12-15(27-6-2)19(20,3)4/h7-9,11,15H,5-6,10,12H2,1-4H3,(H,21,23)(H,22,24)(H,25,26). The van der Waals surface area contributed by atoms with Crippen molar-refractivity contribution in [1.82, 2.24) is 10.6 Å². The van der Waals surface area contributed by atoms with E-state index in [4.69, 9.17) is 4.74 Å². The maximum absolute atomic E-state index is 12.8. The molecule has 148 valence electrons. The van der Waals surface area contributed by atoms with Gasteiger partial charge in [-0.2, -0.15) is 0 Å². The molecular formula is C20H28N2O5. The minimum absolute atomic E-state index is 0.200. The first-order valence-corrected chi connectivity index (χ1v) is 9.25. The van der Waals surface area contributed by atoms with Gasteiger partial charge in [-0.1, -0.05) is 26.8 Å². The number of carbonyl (C=O) groups excluding carboxylic acids is 2. The summed E-state index contributed by atoms with van der Waals surface area (Å²) in [6.07, 6.45) is 0.763. The van der Waals surface area contributed by atoms with Gasteiger partial charge in [-0.05, 0) is 31.5 Å². The molecule has 0 aromatic heterocycles. The molecule has 1 saturated carbocycles. The SMILES string of the molecule is CCCNC(=O)c1cccc(C(=O)NC2(C(=O)O)CC(OCC)C2(C)C)c1. The molecule has 0 aliphatic heterocycles. The van der Waals surface area contributed by atoms with Crippen molar-refractivity contribution in [1.29, 1.82) is 0 Å². The number of nitrogens with one attached hydrogen (secondary N) is 2. The summed E-state index contributed by atoms with van der Waals surface area (Å²) in [6, 6.07) is 6.26. The van der Waals surface area contributed by atoms with Crippen LogP contribution in [-0.2, 0) is 9.53 Å². The van der Waals surface area contributed by atoms with Crippen LogP contribution in [0.5, 0.6) is 0 Å². The third-order valence-corrected chi connectivity index (χ3v) is 5.38. The molecule has 0 saturated heterocycles. The van der Waals surface area contributed by atoms with E-state index >= 15 is 0 Å². The quantitative estimate of drug-likeness (QED) is 0.645. The van der Waals surface area contributed by atoms with Gasteiger partial charge in [0.15, 0.2) is 0 Å². The Morgan fingerprint density at radius 2 is 1.81 bits per heavy atom. The van der Waals surface area contributed by atoms with Crippen molar-refractivity contribution >= 4 is 17.8 Å². The highest BCUT2D eigenvalue weighted by Crippen LogP contribution is 2.51. The number of rotatable bonds is 8. The molecule has 7 nitrogen and oxygen atoms in total. The molecule has 1 fully saturated rings. The van der Waals surface area contributed by atoms with Crippen LogP contribution in [0, 0.1) is 5.41 Å². The summed E-state index contributed by atoms with van der Waals surface area (Å²) in [5.74, 6) is -1.88. The van der Waals surface area contributed by atoms with Gasteiger partial charge in [-0.15, -0.1) is 0 Å². The number of hydrogen-bond acceptors (Lipinski definition) is 4. The van der Waals surface area contributed by atoms with Crippen molar-refractivity contribution in [3.05, 3.63) is 35.4 Å². The van der Waals surface area contributed by atoms with E-state index in [0.717, 1.165) is 6.42 Å². The van der Waals surface area contributed by atoms with Crippen LogP contribution in [0.4, 0.5) is 0 Å². The van der Waals surface area contributed by atoms with Crippen molar-refractivity contribution in [3.63, 3.8) is 0 Å². The molecule has 2 unspecified atom stereocenters. The molecule has 0 heterocycles. The Balaban J connectivity index is 2.20. The summed E-state index contributed by atoms with van der Waals surface area (Å²) < 4.78 is 5.61. The molecular weight excluding hydrogens is 348 g/mol. The van der Waals surface area contributed by atoms with E-state index in [2.05, 4.69) is 10.6 Å². The van der Waals surface area contributed by atoms with Crippen molar-refractivity contribution in [2.75, 3.05) is 13.2 Å². The second-order valence-corrected chi connectivity index (χ2v) is 7.37. The number of carboxylic acid groups (broad SMARTS) is 1. The Morgan fingerprint density at radius 1 is 1.19 bits per heavy atom. The van der Waals surface area contributed by atoms with Crippen LogP contribution in [0.2, 0.25) is 0 Å². The number of amides is 2. The first kappa shape index (κ1) is 20.9. The summed E-state index contributed by atoms with van der Waals surface area (Å²) in [4.78, 5) is 36.9. The molecule has 0 radical (unpaired) electrons. The first-order valence-electron chi connectivity index (χ1n) is 9.25. The Labute approximate surface area is 159 Å². The molecule has 2 amide bonds. The van der Waals surface area contributed by atoms with E-state index in [1.54, 1.807) is 32.0 Å². The van der Waals surface area contributed by atoms with Gasteiger partial charge >= 0.3 is 5.97 Å². The van der Waals surface area contributed by atoms with E-state index in [1.165, 1.54) is 6.07 Å². The topological polar surface area (TPSA) is 105 Å². The predicted octanol–water partition coefficient (Wildman–Crippen LogP) is 2.21. The fourth-order valence-electron chi connectivity index (χ4n) is 3.45. The van der Waals surface area contributed by atoms with Gasteiger partial charge in [0.25, 0.3) is 11.8 Å². The van der Waals surface area contributed by atoms with Crippen LogP contribution in [0.3, 0.4) is 0 Å². The number of carboxylic acids is 1. The molecule has 3 N–H and O–H groups in total. The van der Waals surface area contributed by atoms with Crippen molar-refractivity contribution in [2.24, 2.45) is 5.41 Å². The van der Waals surface area contributed by atoms with E-state index < -0.39 is 22.8 Å². The number of hydrogen-bond donors (Lipinski definition) is 3. The van der Waals surface area contributed by atoms with Gasteiger partial charge in [0.05, 0.1) is 6.10 Å². The van der Waals surface area contributed by atoms with Crippen LogP contribution in [0.25, 0.3) is 0 Å². The smallest absolute Gasteiger partial charge is 0.330 e. The van der Waals surface area contributed by atoms with E-state index in [0.29, 0.717) is 18.7 Å². The van der Waals surface area contributed by atoms with E-state index in [1.807, 2.05) is 13.8 Å². The summed E-state index contributed by atoms with van der Waals surface area (Å²) in [6.45, 7) is 8.38. The van der Waals surface area contributed by atoms with Gasteiger partial charge in [0.1, 0.15) is 5.54 Å². The zero-order valence-electron chi connectivity index (χ0n) is 16.3. The van der Waals surface area contributed by atoms with Gasteiger partial charge in [-0.3, -0.25) is 9.59 Å². The fraction of sp³-hybridized carbons (Fsp3) is 0.550. The lowest BCUT2D eigenvalue weighted by molar-refractivity contribution is -0.190. The van der Waals surface area contributed by atoms with Crippen molar-refractivity contribution in [2.45, 2.75) is 52.2 Å². The summed E-state index contributed by atoms with van der Waals surface area (Å²) >= 11 is 0. The predicted molar refractivity (Wildman–Crippen MR) is 101 cm³/mol. The van der Waals surface area contributed by atoms with Crippen LogP contribution < -0.4 is 10.6 Å². The molecule has 1 aliphatic carbocycles. The third kappa shape index (κ3) is 3.83. The van der Waals surface area contributed by atoms with E-state index in [-0.39, 0.29) is 24.0 Å². The minimum Gasteiger partial charge on any atom is -0.479 e. The summed E-state index contributed by atoms with van der Waals surface area (Å²) in [7, 11) is 0. The monoisotopic (exact) mass is 376 g/mol. The summed E-state index contributed by atoms with van der Waals surface area (Å²) in [5.41, 5.74) is -1.57. The van der Waals surface area contributed by atoms with Crippen LogP contribution in [-0.4, -0.2) is 47.7 Å².